The second-order valence-electron chi connectivity index (χ2n) is 1.85. The van der Waals surface area contributed by atoms with Crippen LogP contribution in [0.3, 0.4) is 0 Å². The summed E-state index contributed by atoms with van der Waals surface area (Å²) in [6.07, 6.45) is 0. The molecule has 4 N–H and O–H groups in total. The first kappa shape index (κ1) is 10.4. The minimum atomic E-state index is -4.42. The Morgan fingerprint density at radius 3 is 2.55 bits per heavy atom. The Morgan fingerprint density at radius 2 is 2.27 bits per heavy atom. The summed E-state index contributed by atoms with van der Waals surface area (Å²) < 4.78 is 13.1. The summed E-state index contributed by atoms with van der Waals surface area (Å²) in [7, 11) is -2.96. The number of hydrogen-bond donors (Lipinski definition) is 3. The molecule has 0 saturated heterocycles. The first-order valence-electron chi connectivity index (χ1n) is 2.69. The van der Waals surface area contributed by atoms with Crippen LogP contribution in [0.25, 0.3) is 0 Å². The van der Waals surface area contributed by atoms with Crippen LogP contribution in [-0.4, -0.2) is 34.2 Å². The van der Waals surface area contributed by atoms with Crippen molar-refractivity contribution in [1.82, 2.24) is 4.90 Å². The Kier molecular flexibility index (Phi) is 3.51. The van der Waals surface area contributed by atoms with Crippen LogP contribution in [0, 0.1) is 6.92 Å². The molecule has 0 fully saturated rings. The predicted octanol–water partition coefficient (Wildman–Crippen LogP) is -0.963. The molecule has 64 valence electrons. The zero-order valence-electron chi connectivity index (χ0n) is 6.01. The van der Waals surface area contributed by atoms with E-state index in [0.29, 0.717) is 0 Å². The fraction of sp³-hybridized carbons (Fsp3) is 0.500. The van der Waals surface area contributed by atoms with E-state index in [1.165, 1.54) is 11.9 Å². The van der Waals surface area contributed by atoms with Crippen molar-refractivity contribution < 1.29 is 14.4 Å². The average molecular weight is 179 g/mol. The number of guanidine groups is 1. The van der Waals surface area contributed by atoms with E-state index in [2.05, 4.69) is 4.76 Å². The van der Waals surface area contributed by atoms with Crippen LogP contribution in [0.5, 0.6) is 0 Å². The molecule has 0 amide bonds. The van der Waals surface area contributed by atoms with Crippen molar-refractivity contribution in [3.63, 3.8) is 0 Å². The second kappa shape index (κ2) is 3.71. The van der Waals surface area contributed by atoms with Crippen molar-refractivity contribution in [2.24, 2.45) is 10.5 Å². The molecule has 11 heavy (non-hydrogen) atoms. The van der Waals surface area contributed by atoms with Crippen LogP contribution in [-0.2, 0) is 4.57 Å². The smallest absolute Gasteiger partial charge is 0.369 e. The minimum Gasteiger partial charge on any atom is -0.369 e. The zero-order chi connectivity index (χ0) is 9.07. The lowest BCUT2D eigenvalue weighted by Gasteiger charge is -2.14. The Bertz CT molecular complexity index is 199. The van der Waals surface area contributed by atoms with Gasteiger partial charge in [0.25, 0.3) is 0 Å². The highest BCUT2D eigenvalue weighted by atomic mass is 31.2. The summed E-state index contributed by atoms with van der Waals surface area (Å²) in [6.45, 7) is 5.15. The maximum Gasteiger partial charge on any atom is 0.451 e. The molecule has 0 aliphatic heterocycles. The van der Waals surface area contributed by atoms with Crippen molar-refractivity contribution in [3.8, 4) is 0 Å². The number of hydrogen-bond acceptors (Lipinski definition) is 1. The van der Waals surface area contributed by atoms with Crippen LogP contribution >= 0.6 is 7.75 Å². The van der Waals surface area contributed by atoms with Gasteiger partial charge in [-0.1, -0.05) is 0 Å². The summed E-state index contributed by atoms with van der Waals surface area (Å²) in [4.78, 5) is 17.8. The fourth-order valence-electron chi connectivity index (χ4n) is 0.303. The molecule has 0 unspecified atom stereocenters. The van der Waals surface area contributed by atoms with E-state index in [1.54, 1.807) is 0 Å². The van der Waals surface area contributed by atoms with Crippen LogP contribution in [0.4, 0.5) is 0 Å². The Labute approximate surface area is 64.9 Å². The first-order valence-corrected chi connectivity index (χ1v) is 4.26. The summed E-state index contributed by atoms with van der Waals surface area (Å²) in [6, 6.07) is 0. The third-order valence-corrected chi connectivity index (χ3v) is 1.36. The van der Waals surface area contributed by atoms with Gasteiger partial charge >= 0.3 is 7.75 Å². The quantitative estimate of drug-likeness (QED) is 0.288. The van der Waals surface area contributed by atoms with Crippen molar-refractivity contribution in [3.05, 3.63) is 6.92 Å². The Balaban J connectivity index is 4.34. The molecule has 0 aromatic rings. The zero-order valence-corrected chi connectivity index (χ0v) is 6.90. The molecule has 0 atom stereocenters. The number of nitrogens with two attached hydrogens (primary N) is 1. The summed E-state index contributed by atoms with van der Waals surface area (Å²) in [5, 5.41) is 0. The Hall–Kier alpha value is -0.580. The van der Waals surface area contributed by atoms with E-state index in [9.17, 15) is 4.57 Å². The summed E-state index contributed by atoms with van der Waals surface area (Å²) in [5.74, 6) is -0.277. The van der Waals surface area contributed by atoms with Crippen molar-refractivity contribution in [1.29, 1.82) is 0 Å². The van der Waals surface area contributed by atoms with Gasteiger partial charge in [0.2, 0.25) is 5.96 Å². The molecule has 7 heteroatoms. The topological polar surface area (TPSA) is 99.2 Å². The van der Waals surface area contributed by atoms with Gasteiger partial charge in [-0.05, 0) is 6.92 Å². The standard InChI is InChI=1S/C4H10N3O3P/c1-3-7(2)4(5)6-11(8,9)10/h1H,3H2,2H3,(H4,5,6,8,9,10). The molecule has 0 rings (SSSR count). The monoisotopic (exact) mass is 179 g/mol. The molecule has 6 nitrogen and oxygen atoms in total. The molecule has 0 aliphatic carbocycles. The van der Waals surface area contributed by atoms with Gasteiger partial charge in [-0.2, -0.15) is 0 Å². The number of rotatable bonds is 2. The summed E-state index contributed by atoms with van der Waals surface area (Å²) in [5.41, 5.74) is 5.12. The molecule has 0 spiro atoms. The van der Waals surface area contributed by atoms with Crippen molar-refractivity contribution in [2.45, 2.75) is 0 Å². The van der Waals surface area contributed by atoms with Crippen LogP contribution < -0.4 is 5.73 Å². The van der Waals surface area contributed by atoms with Gasteiger partial charge < -0.3 is 20.4 Å². The third-order valence-electron chi connectivity index (χ3n) is 0.898. The van der Waals surface area contributed by atoms with E-state index < -0.39 is 7.75 Å². The molecule has 0 aromatic heterocycles. The molecule has 2 radical (unpaired) electrons. The van der Waals surface area contributed by atoms with E-state index in [0.717, 1.165) is 0 Å². The maximum absolute atomic E-state index is 10.2. The molecule has 0 aromatic carbocycles. The highest BCUT2D eigenvalue weighted by Crippen LogP contribution is 2.35. The molecular weight excluding hydrogens is 169 g/mol. The van der Waals surface area contributed by atoms with Gasteiger partial charge in [0.1, 0.15) is 0 Å². The largest absolute Gasteiger partial charge is 0.451 e. The lowest BCUT2D eigenvalue weighted by atomic mass is 10.6. The van der Waals surface area contributed by atoms with Crippen LogP contribution in [0.15, 0.2) is 4.76 Å². The Morgan fingerprint density at radius 1 is 1.82 bits per heavy atom. The summed E-state index contributed by atoms with van der Waals surface area (Å²) >= 11 is 0. The van der Waals surface area contributed by atoms with E-state index in [4.69, 9.17) is 22.4 Å². The predicted molar refractivity (Wildman–Crippen MR) is 40.6 cm³/mol. The molecular formula is C4H10N3O3P. The van der Waals surface area contributed by atoms with Gasteiger partial charge in [0, 0.05) is 13.6 Å². The average Bonchev–Trinajstić information content (AvgIpc) is 1.82. The highest BCUT2D eigenvalue weighted by Gasteiger charge is 2.12. The highest BCUT2D eigenvalue weighted by molar-refractivity contribution is 7.50. The normalized spacial score (nSPS) is 13.3. The third kappa shape index (κ3) is 4.78. The molecule has 0 saturated carbocycles. The molecule has 0 bridgehead atoms. The molecule has 0 heterocycles. The second-order valence-corrected chi connectivity index (χ2v) is 3.08. The van der Waals surface area contributed by atoms with Gasteiger partial charge in [0.15, 0.2) is 0 Å². The maximum atomic E-state index is 10.2. The van der Waals surface area contributed by atoms with Gasteiger partial charge in [-0.25, -0.2) is 4.57 Å². The van der Waals surface area contributed by atoms with E-state index in [-0.39, 0.29) is 12.5 Å². The number of nitrogens with zero attached hydrogens (tertiary/aromatic N) is 2. The van der Waals surface area contributed by atoms with Gasteiger partial charge in [0.05, 0.1) is 0 Å². The lowest BCUT2D eigenvalue weighted by Crippen LogP contribution is -2.33. The van der Waals surface area contributed by atoms with Crippen LogP contribution in [0.2, 0.25) is 0 Å². The van der Waals surface area contributed by atoms with Crippen LogP contribution in [0.1, 0.15) is 0 Å². The van der Waals surface area contributed by atoms with Gasteiger partial charge in [-0.15, -0.1) is 4.76 Å². The van der Waals surface area contributed by atoms with E-state index in [1.807, 2.05) is 0 Å². The van der Waals surface area contributed by atoms with Gasteiger partial charge in [-0.3, -0.25) is 0 Å². The first-order chi connectivity index (χ1) is 4.87. The fourth-order valence-corrected chi connectivity index (χ4v) is 0.723. The van der Waals surface area contributed by atoms with Crippen molar-refractivity contribution >= 4 is 13.7 Å². The van der Waals surface area contributed by atoms with Crippen molar-refractivity contribution in [2.75, 3.05) is 13.6 Å². The van der Waals surface area contributed by atoms with E-state index >= 15 is 0 Å². The lowest BCUT2D eigenvalue weighted by molar-refractivity contribution is 0.374. The minimum absolute atomic E-state index is 0.0509. The SMILES string of the molecule is [CH]CN(C)/C(N)=N/P(=O)(O)O. The molecule has 0 aliphatic rings.